The summed E-state index contributed by atoms with van der Waals surface area (Å²) in [6, 6.07) is 16.0. The summed E-state index contributed by atoms with van der Waals surface area (Å²) in [6.45, 7) is 0.373. The summed E-state index contributed by atoms with van der Waals surface area (Å²) in [4.78, 5) is 14.5. The van der Waals surface area contributed by atoms with Crippen LogP contribution in [0.4, 0.5) is 5.69 Å². The van der Waals surface area contributed by atoms with Crippen molar-refractivity contribution in [1.29, 1.82) is 0 Å². The van der Waals surface area contributed by atoms with Crippen LogP contribution in [0.1, 0.15) is 29.9 Å². The number of nitrogens with zero attached hydrogens (tertiary/aromatic N) is 1. The highest BCUT2D eigenvalue weighted by Crippen LogP contribution is 2.47. The number of anilines is 1. The van der Waals surface area contributed by atoms with Gasteiger partial charge in [0.2, 0.25) is 5.91 Å². The molecule has 1 saturated heterocycles. The Labute approximate surface area is 171 Å². The molecular weight excluding hydrogens is 368 g/mol. The summed E-state index contributed by atoms with van der Waals surface area (Å²) in [7, 11) is 4.02. The number of benzene rings is 2. The smallest absolute Gasteiger partial charge is 0.222 e. The van der Waals surface area contributed by atoms with Crippen LogP contribution >= 0.6 is 0 Å². The van der Waals surface area contributed by atoms with Gasteiger partial charge in [-0.05, 0) is 30.2 Å². The normalized spacial score (nSPS) is 24.9. The number of nitrogens with one attached hydrogen (secondary N) is 1. The first-order valence-corrected chi connectivity index (χ1v) is 10.1. The largest absolute Gasteiger partial charge is 0.487 e. The Balaban J connectivity index is 1.44. The van der Waals surface area contributed by atoms with Crippen LogP contribution in [0.5, 0.6) is 5.75 Å². The minimum Gasteiger partial charge on any atom is -0.487 e. The lowest BCUT2D eigenvalue weighted by Crippen LogP contribution is -2.47. The number of ether oxygens (including phenoxy) is 2. The average Bonchev–Trinajstić information content (AvgIpc) is 3.10. The Kier molecular flexibility index (Phi) is 5.74. The van der Waals surface area contributed by atoms with Crippen molar-refractivity contribution in [2.75, 3.05) is 25.6 Å². The van der Waals surface area contributed by atoms with E-state index in [1.807, 2.05) is 56.6 Å². The highest BCUT2D eigenvalue weighted by molar-refractivity contribution is 5.76. The molecule has 0 bridgehead atoms. The van der Waals surface area contributed by atoms with E-state index in [2.05, 4.69) is 16.3 Å². The van der Waals surface area contributed by atoms with Gasteiger partial charge in [-0.25, -0.2) is 0 Å². The molecular formula is C23H28N2O4. The van der Waals surface area contributed by atoms with Crippen molar-refractivity contribution in [3.8, 4) is 5.75 Å². The van der Waals surface area contributed by atoms with Crippen molar-refractivity contribution >= 4 is 11.6 Å². The highest BCUT2D eigenvalue weighted by Gasteiger charge is 2.46. The van der Waals surface area contributed by atoms with Gasteiger partial charge in [-0.15, -0.1) is 0 Å². The number of carbonyl (C=O) groups excluding carboxylic acids is 1. The van der Waals surface area contributed by atoms with Crippen LogP contribution in [0.3, 0.4) is 0 Å². The molecule has 29 heavy (non-hydrogen) atoms. The fourth-order valence-electron chi connectivity index (χ4n) is 4.23. The minimum absolute atomic E-state index is 0.0461. The molecule has 1 amide bonds. The van der Waals surface area contributed by atoms with Crippen LogP contribution in [0.15, 0.2) is 48.5 Å². The summed E-state index contributed by atoms with van der Waals surface area (Å²) in [6.07, 6.45) is 0.0765. The van der Waals surface area contributed by atoms with Crippen molar-refractivity contribution in [3.05, 3.63) is 59.7 Å². The quantitative estimate of drug-likeness (QED) is 0.785. The molecule has 1 fully saturated rings. The van der Waals surface area contributed by atoms with Gasteiger partial charge in [0.1, 0.15) is 18.0 Å². The predicted molar refractivity (Wildman–Crippen MR) is 111 cm³/mol. The molecule has 2 N–H and O–H groups in total. The van der Waals surface area contributed by atoms with Crippen LogP contribution in [0.25, 0.3) is 0 Å². The zero-order valence-corrected chi connectivity index (χ0v) is 16.9. The van der Waals surface area contributed by atoms with Gasteiger partial charge in [-0.2, -0.15) is 0 Å². The van der Waals surface area contributed by atoms with Crippen LogP contribution in [0, 0.1) is 0 Å². The molecule has 154 valence electrons. The maximum Gasteiger partial charge on any atom is 0.222 e. The van der Waals surface area contributed by atoms with Gasteiger partial charge in [0, 0.05) is 37.8 Å². The van der Waals surface area contributed by atoms with E-state index >= 15 is 0 Å². The van der Waals surface area contributed by atoms with Crippen molar-refractivity contribution in [2.45, 2.75) is 43.6 Å². The molecule has 4 atom stereocenters. The van der Waals surface area contributed by atoms with Crippen LogP contribution in [-0.2, 0) is 16.1 Å². The first-order chi connectivity index (χ1) is 14.0. The average molecular weight is 396 g/mol. The number of hydrogen-bond donors (Lipinski definition) is 2. The van der Waals surface area contributed by atoms with Crippen molar-refractivity contribution in [3.63, 3.8) is 0 Å². The molecule has 0 aliphatic carbocycles. The fraction of sp³-hybridized carbons (Fsp3) is 0.435. The summed E-state index contributed by atoms with van der Waals surface area (Å²) < 4.78 is 12.1. The monoisotopic (exact) mass is 396 g/mol. The molecule has 0 spiro atoms. The molecule has 0 radical (unpaired) electrons. The third kappa shape index (κ3) is 4.23. The first kappa shape index (κ1) is 19.7. The lowest BCUT2D eigenvalue weighted by Gasteiger charge is -2.37. The summed E-state index contributed by atoms with van der Waals surface area (Å²) >= 11 is 0. The summed E-state index contributed by atoms with van der Waals surface area (Å²) in [5.41, 5.74) is 3.31. The van der Waals surface area contributed by atoms with E-state index in [1.165, 1.54) is 0 Å². The van der Waals surface area contributed by atoms with E-state index < -0.39 is 6.10 Å². The summed E-state index contributed by atoms with van der Waals surface area (Å²) in [5.74, 6) is 0.916. The third-order valence-corrected chi connectivity index (χ3v) is 5.74. The van der Waals surface area contributed by atoms with Gasteiger partial charge in [-0.1, -0.05) is 30.3 Å². The Hall–Kier alpha value is -2.57. The van der Waals surface area contributed by atoms with Gasteiger partial charge < -0.3 is 24.8 Å². The number of amides is 1. The Morgan fingerprint density at radius 2 is 2.00 bits per heavy atom. The molecule has 2 aliphatic rings. The molecule has 6 heteroatoms. The molecule has 2 heterocycles. The predicted octanol–water partition coefficient (Wildman–Crippen LogP) is 2.45. The third-order valence-electron chi connectivity index (χ3n) is 5.74. The van der Waals surface area contributed by atoms with E-state index in [0.717, 1.165) is 22.6 Å². The molecule has 0 saturated carbocycles. The van der Waals surface area contributed by atoms with Gasteiger partial charge in [0.05, 0.1) is 19.1 Å². The molecule has 4 rings (SSSR count). The van der Waals surface area contributed by atoms with Crippen LogP contribution in [0.2, 0.25) is 0 Å². The highest BCUT2D eigenvalue weighted by atomic mass is 16.6. The van der Waals surface area contributed by atoms with E-state index in [4.69, 9.17) is 9.47 Å². The molecule has 2 aromatic carbocycles. The molecule has 2 aliphatic heterocycles. The lowest BCUT2D eigenvalue weighted by atomic mass is 9.84. The van der Waals surface area contributed by atoms with Gasteiger partial charge in [-0.3, -0.25) is 4.79 Å². The van der Waals surface area contributed by atoms with Crippen LogP contribution in [-0.4, -0.2) is 50.0 Å². The van der Waals surface area contributed by atoms with E-state index in [9.17, 15) is 9.90 Å². The van der Waals surface area contributed by atoms with Gasteiger partial charge >= 0.3 is 0 Å². The molecule has 0 unspecified atom stereocenters. The Bertz CT molecular complexity index is 855. The van der Waals surface area contributed by atoms with Crippen molar-refractivity contribution < 1.29 is 19.4 Å². The summed E-state index contributed by atoms with van der Waals surface area (Å²) in [5, 5.41) is 12.8. The fourth-order valence-corrected chi connectivity index (χ4v) is 4.23. The topological polar surface area (TPSA) is 71.0 Å². The lowest BCUT2D eigenvalue weighted by molar-refractivity contribution is -0.142. The number of rotatable bonds is 6. The standard InChI is InChI=1S/C23H28N2O4/c1-25(2)16-8-9-20-18(10-16)19-11-17(28-21(14-26)23(19)29-20)12-22(27)24-13-15-6-4-3-5-7-15/h3-10,17,19,21,23,26H,11-14H2,1-2H3,(H,24,27)/t17-,19-,21-,23+/m1/s1. The zero-order chi connectivity index (χ0) is 20.4. The van der Waals surface area contributed by atoms with E-state index in [1.54, 1.807) is 0 Å². The first-order valence-electron chi connectivity index (χ1n) is 10.1. The van der Waals surface area contributed by atoms with E-state index in [-0.39, 0.29) is 37.1 Å². The molecule has 0 aromatic heterocycles. The zero-order valence-electron chi connectivity index (χ0n) is 16.9. The minimum atomic E-state index is -0.434. The van der Waals surface area contributed by atoms with Gasteiger partial charge in [0.25, 0.3) is 0 Å². The number of aliphatic hydroxyl groups is 1. The molecule has 6 nitrogen and oxygen atoms in total. The van der Waals surface area contributed by atoms with Crippen molar-refractivity contribution in [2.24, 2.45) is 0 Å². The second kappa shape index (κ2) is 8.43. The van der Waals surface area contributed by atoms with E-state index in [0.29, 0.717) is 13.0 Å². The number of aliphatic hydroxyl groups excluding tert-OH is 1. The maximum absolute atomic E-state index is 12.5. The Morgan fingerprint density at radius 3 is 2.72 bits per heavy atom. The second-order valence-electron chi connectivity index (χ2n) is 7.99. The second-order valence-corrected chi connectivity index (χ2v) is 7.99. The molecule has 2 aromatic rings. The van der Waals surface area contributed by atoms with Crippen molar-refractivity contribution in [1.82, 2.24) is 5.32 Å². The van der Waals surface area contributed by atoms with Crippen LogP contribution < -0.4 is 15.0 Å². The number of carbonyl (C=O) groups is 1. The SMILES string of the molecule is CN(C)c1ccc2c(c1)[C@H]1C[C@H](CC(=O)NCc3ccccc3)O[C@H](CO)[C@H]1O2. The number of fused-ring (bicyclic) bond motifs is 3. The van der Waals surface area contributed by atoms with Gasteiger partial charge in [0.15, 0.2) is 0 Å². The maximum atomic E-state index is 12.5. The number of hydrogen-bond acceptors (Lipinski definition) is 5. The Morgan fingerprint density at radius 1 is 1.21 bits per heavy atom.